The van der Waals surface area contributed by atoms with E-state index in [2.05, 4.69) is 20.2 Å². The Morgan fingerprint density at radius 2 is 1.96 bits per heavy atom. The van der Waals surface area contributed by atoms with Crippen LogP contribution in [0.4, 0.5) is 15.9 Å². The molecule has 0 amide bonds. The molecule has 1 N–H and O–H groups in total. The van der Waals surface area contributed by atoms with Crippen molar-refractivity contribution < 1.29 is 4.39 Å². The number of halogens is 1. The Morgan fingerprint density at radius 3 is 2.58 bits per heavy atom. The zero-order valence-electron chi connectivity index (χ0n) is 13.9. The van der Waals surface area contributed by atoms with E-state index in [1.807, 2.05) is 26.0 Å². The second kappa shape index (κ2) is 6.83. The summed E-state index contributed by atoms with van der Waals surface area (Å²) in [4.78, 5) is 11.1. The van der Waals surface area contributed by atoms with Crippen molar-refractivity contribution in [2.45, 2.75) is 32.7 Å². The van der Waals surface area contributed by atoms with Crippen molar-refractivity contribution in [3.63, 3.8) is 0 Å². The topological polar surface area (TPSA) is 64.8 Å². The summed E-state index contributed by atoms with van der Waals surface area (Å²) in [6.07, 6.45) is 1.81. The van der Waals surface area contributed by atoms with Crippen molar-refractivity contribution in [2.24, 2.45) is 0 Å². The third kappa shape index (κ3) is 3.62. The van der Waals surface area contributed by atoms with Gasteiger partial charge in [-0.05, 0) is 44.9 Å². The standard InChI is InChI=1S/C18H20FN5/c1-12-9-18(22-13(2)21-12)24-7-5-15(6-8-24)23-17-4-3-14(11-20)10-16(17)19/h3-4,9-10,15,23H,5-8H2,1-2H3. The van der Waals surface area contributed by atoms with Crippen LogP contribution in [0.2, 0.25) is 0 Å². The first-order valence-corrected chi connectivity index (χ1v) is 8.08. The van der Waals surface area contributed by atoms with Crippen LogP contribution in [0.1, 0.15) is 29.9 Å². The second-order valence-corrected chi connectivity index (χ2v) is 6.13. The van der Waals surface area contributed by atoms with Crippen LogP contribution in [-0.4, -0.2) is 29.1 Å². The molecule has 0 atom stereocenters. The molecule has 0 unspecified atom stereocenters. The van der Waals surface area contributed by atoms with Crippen LogP contribution in [0.25, 0.3) is 0 Å². The van der Waals surface area contributed by atoms with E-state index < -0.39 is 0 Å². The molecule has 1 aliphatic rings. The molecule has 0 saturated carbocycles. The molecule has 2 aromatic rings. The number of piperidine rings is 1. The predicted molar refractivity (Wildman–Crippen MR) is 91.5 cm³/mol. The lowest BCUT2D eigenvalue weighted by Crippen LogP contribution is -2.39. The summed E-state index contributed by atoms with van der Waals surface area (Å²) in [6, 6.07) is 8.70. The van der Waals surface area contributed by atoms with Gasteiger partial charge < -0.3 is 10.2 Å². The Hall–Kier alpha value is -2.68. The Labute approximate surface area is 141 Å². The molecule has 1 aliphatic heterocycles. The van der Waals surface area contributed by atoms with Crippen LogP contribution in [0, 0.1) is 31.0 Å². The molecule has 1 aromatic heterocycles. The molecule has 6 heteroatoms. The molecule has 3 rings (SSSR count). The highest BCUT2D eigenvalue weighted by Gasteiger charge is 2.21. The van der Waals surface area contributed by atoms with E-state index in [0.29, 0.717) is 11.3 Å². The van der Waals surface area contributed by atoms with E-state index in [-0.39, 0.29) is 11.9 Å². The van der Waals surface area contributed by atoms with E-state index in [1.54, 1.807) is 12.1 Å². The average Bonchev–Trinajstić information content (AvgIpc) is 2.56. The highest BCUT2D eigenvalue weighted by atomic mass is 19.1. The van der Waals surface area contributed by atoms with Crippen molar-refractivity contribution in [1.82, 2.24) is 9.97 Å². The summed E-state index contributed by atoms with van der Waals surface area (Å²) >= 11 is 0. The highest BCUT2D eigenvalue weighted by molar-refractivity contribution is 5.50. The minimum absolute atomic E-state index is 0.215. The minimum Gasteiger partial charge on any atom is -0.380 e. The fraction of sp³-hybridized carbons (Fsp3) is 0.389. The van der Waals surface area contributed by atoms with Crippen LogP contribution >= 0.6 is 0 Å². The van der Waals surface area contributed by atoms with E-state index in [1.165, 1.54) is 6.07 Å². The van der Waals surface area contributed by atoms with Gasteiger partial charge in [-0.15, -0.1) is 0 Å². The average molecular weight is 325 g/mol. The lowest BCUT2D eigenvalue weighted by atomic mass is 10.0. The van der Waals surface area contributed by atoms with Crippen LogP contribution < -0.4 is 10.2 Å². The normalized spacial score (nSPS) is 15.2. The van der Waals surface area contributed by atoms with Gasteiger partial charge in [0.05, 0.1) is 17.3 Å². The van der Waals surface area contributed by atoms with Crippen LogP contribution in [-0.2, 0) is 0 Å². The number of anilines is 2. The molecular weight excluding hydrogens is 305 g/mol. The molecule has 24 heavy (non-hydrogen) atoms. The van der Waals surface area contributed by atoms with Gasteiger partial charge in [0.1, 0.15) is 17.5 Å². The monoisotopic (exact) mass is 325 g/mol. The lowest BCUT2D eigenvalue weighted by molar-refractivity contribution is 0.518. The number of nitrogens with one attached hydrogen (secondary N) is 1. The van der Waals surface area contributed by atoms with Crippen LogP contribution in [0.5, 0.6) is 0 Å². The number of nitrogens with zero attached hydrogens (tertiary/aromatic N) is 4. The fourth-order valence-corrected chi connectivity index (χ4v) is 3.03. The van der Waals surface area contributed by atoms with Crippen LogP contribution in [0.15, 0.2) is 24.3 Å². The zero-order chi connectivity index (χ0) is 17.1. The molecule has 2 heterocycles. The van der Waals surface area contributed by atoms with Gasteiger partial charge >= 0.3 is 0 Å². The van der Waals surface area contributed by atoms with Gasteiger partial charge in [0.25, 0.3) is 0 Å². The Kier molecular flexibility index (Phi) is 4.61. The molecule has 0 radical (unpaired) electrons. The summed E-state index contributed by atoms with van der Waals surface area (Å²) in [5.41, 5.74) is 1.76. The number of hydrogen-bond donors (Lipinski definition) is 1. The Morgan fingerprint density at radius 1 is 1.21 bits per heavy atom. The van der Waals surface area contributed by atoms with Gasteiger partial charge in [0.15, 0.2) is 0 Å². The van der Waals surface area contributed by atoms with Gasteiger partial charge in [0.2, 0.25) is 0 Å². The van der Waals surface area contributed by atoms with Gasteiger partial charge in [-0.3, -0.25) is 0 Å². The number of aromatic nitrogens is 2. The first-order chi connectivity index (χ1) is 11.5. The van der Waals surface area contributed by atoms with Crippen molar-refractivity contribution >= 4 is 11.5 Å². The second-order valence-electron chi connectivity index (χ2n) is 6.13. The molecule has 1 saturated heterocycles. The molecule has 0 aliphatic carbocycles. The maximum atomic E-state index is 14.0. The third-order valence-corrected chi connectivity index (χ3v) is 4.23. The van der Waals surface area contributed by atoms with Crippen molar-refractivity contribution in [3.05, 3.63) is 47.2 Å². The number of rotatable bonds is 3. The van der Waals surface area contributed by atoms with Crippen molar-refractivity contribution in [1.29, 1.82) is 5.26 Å². The summed E-state index contributed by atoms with van der Waals surface area (Å²) in [5, 5.41) is 12.0. The number of nitriles is 1. The molecule has 124 valence electrons. The minimum atomic E-state index is -0.376. The van der Waals surface area contributed by atoms with Crippen molar-refractivity contribution in [2.75, 3.05) is 23.3 Å². The number of benzene rings is 1. The molecule has 5 nitrogen and oxygen atoms in total. The fourth-order valence-electron chi connectivity index (χ4n) is 3.03. The maximum Gasteiger partial charge on any atom is 0.147 e. The Bertz CT molecular complexity index is 755. The molecule has 0 spiro atoms. The van der Waals surface area contributed by atoms with Gasteiger partial charge in [0, 0.05) is 30.9 Å². The molecular formula is C18H20FN5. The van der Waals surface area contributed by atoms with E-state index >= 15 is 0 Å². The van der Waals surface area contributed by atoms with Gasteiger partial charge in [-0.1, -0.05) is 0 Å². The summed E-state index contributed by atoms with van der Waals surface area (Å²) < 4.78 is 14.0. The molecule has 1 fully saturated rings. The summed E-state index contributed by atoms with van der Waals surface area (Å²) in [7, 11) is 0. The SMILES string of the molecule is Cc1cc(N2CCC(Nc3ccc(C#N)cc3F)CC2)nc(C)n1. The quantitative estimate of drug-likeness (QED) is 0.939. The third-order valence-electron chi connectivity index (χ3n) is 4.23. The zero-order valence-corrected chi connectivity index (χ0v) is 13.9. The lowest BCUT2D eigenvalue weighted by Gasteiger charge is -2.33. The van der Waals surface area contributed by atoms with Crippen molar-refractivity contribution in [3.8, 4) is 6.07 Å². The van der Waals surface area contributed by atoms with Gasteiger partial charge in [-0.25, -0.2) is 14.4 Å². The summed E-state index contributed by atoms with van der Waals surface area (Å²) in [5.74, 6) is 1.37. The first-order valence-electron chi connectivity index (χ1n) is 8.08. The Balaban J connectivity index is 1.62. The predicted octanol–water partition coefficient (Wildman–Crippen LogP) is 3.19. The first kappa shape index (κ1) is 16.2. The molecule has 0 bridgehead atoms. The van der Waals surface area contributed by atoms with E-state index in [4.69, 9.17) is 5.26 Å². The molecule has 1 aromatic carbocycles. The number of aryl methyl sites for hydroxylation is 2. The van der Waals surface area contributed by atoms with Crippen LogP contribution in [0.3, 0.4) is 0 Å². The van der Waals surface area contributed by atoms with Gasteiger partial charge in [-0.2, -0.15) is 5.26 Å². The highest BCUT2D eigenvalue weighted by Crippen LogP contribution is 2.23. The number of hydrogen-bond acceptors (Lipinski definition) is 5. The smallest absolute Gasteiger partial charge is 0.147 e. The largest absolute Gasteiger partial charge is 0.380 e. The van der Waals surface area contributed by atoms with E-state index in [0.717, 1.165) is 43.3 Å². The maximum absolute atomic E-state index is 14.0. The summed E-state index contributed by atoms with van der Waals surface area (Å²) in [6.45, 7) is 5.61. The van der Waals surface area contributed by atoms with E-state index in [9.17, 15) is 4.39 Å².